The van der Waals surface area contributed by atoms with Crippen molar-refractivity contribution < 1.29 is 9.59 Å². The van der Waals surface area contributed by atoms with E-state index in [0.717, 1.165) is 58.5 Å². The maximum atomic E-state index is 13.4. The molecule has 0 radical (unpaired) electrons. The molecule has 0 bridgehead atoms. The van der Waals surface area contributed by atoms with E-state index in [0.29, 0.717) is 6.42 Å². The molecule has 0 saturated carbocycles. The molecule has 3 atom stereocenters. The first-order chi connectivity index (χ1) is 14.2. The smallest absolute Gasteiger partial charge is 0.227 e. The number of rotatable bonds is 5. The Morgan fingerprint density at radius 1 is 1.07 bits per heavy atom. The van der Waals surface area contributed by atoms with Crippen LogP contribution in [0.25, 0.3) is 0 Å². The van der Waals surface area contributed by atoms with E-state index in [9.17, 15) is 9.59 Å². The lowest BCUT2D eigenvalue weighted by molar-refractivity contribution is -0.151. The number of allylic oxidation sites excluding steroid dienone is 2. The molecule has 5 heteroatoms. The molecule has 1 aromatic rings. The van der Waals surface area contributed by atoms with Crippen LogP contribution in [0.15, 0.2) is 42.5 Å². The third kappa shape index (κ3) is 4.19. The molecule has 5 nitrogen and oxygen atoms in total. The molecule has 156 valence electrons. The van der Waals surface area contributed by atoms with Crippen LogP contribution < -0.4 is 4.90 Å². The minimum Gasteiger partial charge on any atom is -0.368 e. The number of hydrogen-bond acceptors (Lipinski definition) is 3. The van der Waals surface area contributed by atoms with Gasteiger partial charge in [0.1, 0.15) is 0 Å². The molecule has 29 heavy (non-hydrogen) atoms. The highest BCUT2D eigenvalue weighted by atomic mass is 16.2. The number of piperazine rings is 1. The fourth-order valence-corrected chi connectivity index (χ4v) is 5.11. The number of unbranched alkanes of at least 4 members (excludes halogenated alkanes) is 1. The number of fused-ring (bicyclic) bond motifs is 1. The number of carbonyl (C=O) groups is 2. The average molecular weight is 396 g/mol. The van der Waals surface area contributed by atoms with Crippen molar-refractivity contribution in [1.82, 2.24) is 9.80 Å². The van der Waals surface area contributed by atoms with Gasteiger partial charge in [-0.2, -0.15) is 0 Å². The summed E-state index contributed by atoms with van der Waals surface area (Å²) in [6.07, 6.45) is 8.15. The first-order valence-electron chi connectivity index (χ1n) is 11.2. The van der Waals surface area contributed by atoms with Crippen molar-refractivity contribution in [3.63, 3.8) is 0 Å². The van der Waals surface area contributed by atoms with Crippen molar-refractivity contribution in [2.75, 3.05) is 44.2 Å². The normalized spacial score (nSPS) is 27.1. The summed E-state index contributed by atoms with van der Waals surface area (Å²) in [5.41, 5.74) is 1.22. The van der Waals surface area contributed by atoms with E-state index in [1.54, 1.807) is 0 Å². The molecule has 0 spiro atoms. The van der Waals surface area contributed by atoms with Gasteiger partial charge in [0.05, 0.1) is 11.8 Å². The van der Waals surface area contributed by atoms with Crippen LogP contribution in [-0.2, 0) is 9.59 Å². The van der Waals surface area contributed by atoms with E-state index in [1.807, 2.05) is 15.9 Å². The number of benzene rings is 1. The fraction of sp³-hybridized carbons (Fsp3) is 0.583. The standard InChI is InChI=1S/C24H33N3O2/c1-2-3-13-26-14-12-19-8-7-11-21(22(19)24(26)29)23(28)27-17-15-25(16-18-27)20-9-5-4-6-10-20/h4-10,19,21-22H,2-3,11-18H2,1H3. The molecule has 2 aliphatic heterocycles. The summed E-state index contributed by atoms with van der Waals surface area (Å²) in [5, 5.41) is 0. The Labute approximate surface area is 174 Å². The first-order valence-corrected chi connectivity index (χ1v) is 11.2. The summed E-state index contributed by atoms with van der Waals surface area (Å²) in [6.45, 7) is 6.99. The van der Waals surface area contributed by atoms with Gasteiger partial charge in [0.25, 0.3) is 0 Å². The second kappa shape index (κ2) is 9.02. The van der Waals surface area contributed by atoms with Crippen molar-refractivity contribution in [2.45, 2.75) is 32.6 Å². The molecule has 2 amide bonds. The molecule has 1 aromatic carbocycles. The van der Waals surface area contributed by atoms with E-state index < -0.39 is 0 Å². The van der Waals surface area contributed by atoms with Gasteiger partial charge < -0.3 is 14.7 Å². The van der Waals surface area contributed by atoms with Gasteiger partial charge in [0.15, 0.2) is 0 Å². The lowest BCUT2D eigenvalue weighted by atomic mass is 9.71. The van der Waals surface area contributed by atoms with Crippen molar-refractivity contribution in [2.24, 2.45) is 17.8 Å². The van der Waals surface area contributed by atoms with Crippen LogP contribution in [-0.4, -0.2) is 60.9 Å². The highest BCUT2D eigenvalue weighted by Crippen LogP contribution is 2.38. The lowest BCUT2D eigenvalue weighted by Gasteiger charge is -2.44. The number of carbonyl (C=O) groups excluding carboxylic acids is 2. The van der Waals surface area contributed by atoms with Crippen LogP contribution in [0, 0.1) is 17.8 Å². The number of piperidine rings is 1. The van der Waals surface area contributed by atoms with E-state index in [2.05, 4.69) is 48.2 Å². The number of amides is 2. The van der Waals surface area contributed by atoms with E-state index >= 15 is 0 Å². The molecule has 3 unspecified atom stereocenters. The van der Waals surface area contributed by atoms with Gasteiger partial charge in [-0.3, -0.25) is 9.59 Å². The largest absolute Gasteiger partial charge is 0.368 e. The maximum absolute atomic E-state index is 13.4. The molecule has 2 heterocycles. The average Bonchev–Trinajstić information content (AvgIpc) is 2.78. The van der Waals surface area contributed by atoms with Crippen molar-refractivity contribution in [3.8, 4) is 0 Å². The zero-order valence-corrected chi connectivity index (χ0v) is 17.5. The van der Waals surface area contributed by atoms with Crippen LogP contribution in [0.1, 0.15) is 32.6 Å². The Morgan fingerprint density at radius 3 is 2.55 bits per heavy atom. The Kier molecular flexibility index (Phi) is 6.22. The van der Waals surface area contributed by atoms with Gasteiger partial charge in [-0.25, -0.2) is 0 Å². The third-order valence-corrected chi connectivity index (χ3v) is 6.81. The molecule has 2 fully saturated rings. The van der Waals surface area contributed by atoms with Gasteiger partial charge in [-0.1, -0.05) is 43.7 Å². The van der Waals surface area contributed by atoms with Gasteiger partial charge in [-0.05, 0) is 37.3 Å². The van der Waals surface area contributed by atoms with Crippen molar-refractivity contribution in [1.29, 1.82) is 0 Å². The SMILES string of the molecule is CCCCN1CCC2C=CCC(C(=O)N3CCN(c4ccccc4)CC3)C2C1=O. The summed E-state index contributed by atoms with van der Waals surface area (Å²) in [7, 11) is 0. The quantitative estimate of drug-likeness (QED) is 0.720. The van der Waals surface area contributed by atoms with Crippen molar-refractivity contribution >= 4 is 17.5 Å². The van der Waals surface area contributed by atoms with Crippen LogP contribution in [0.5, 0.6) is 0 Å². The van der Waals surface area contributed by atoms with Gasteiger partial charge in [0, 0.05) is 45.0 Å². The summed E-state index contributed by atoms with van der Waals surface area (Å²) in [4.78, 5) is 33.0. The maximum Gasteiger partial charge on any atom is 0.227 e. The molecule has 0 aromatic heterocycles. The third-order valence-electron chi connectivity index (χ3n) is 6.81. The number of hydrogen-bond donors (Lipinski definition) is 0. The number of para-hydroxylation sites is 1. The summed E-state index contributed by atoms with van der Waals surface area (Å²) in [5.74, 6) is 0.271. The fourth-order valence-electron chi connectivity index (χ4n) is 5.11. The van der Waals surface area contributed by atoms with Gasteiger partial charge in [0.2, 0.25) is 11.8 Å². The van der Waals surface area contributed by atoms with Gasteiger partial charge >= 0.3 is 0 Å². The molecular formula is C24H33N3O2. The zero-order valence-electron chi connectivity index (χ0n) is 17.5. The zero-order chi connectivity index (χ0) is 20.2. The topological polar surface area (TPSA) is 43.9 Å². The molecule has 3 aliphatic rings. The Hall–Kier alpha value is -2.30. The minimum absolute atomic E-state index is 0.162. The molecule has 1 aliphatic carbocycles. The number of likely N-dealkylation sites (tertiary alicyclic amines) is 1. The Balaban J connectivity index is 1.41. The first kappa shape index (κ1) is 20.0. The molecular weight excluding hydrogens is 362 g/mol. The molecule has 4 rings (SSSR count). The predicted octanol–water partition coefficient (Wildman–Crippen LogP) is 3.18. The summed E-state index contributed by atoms with van der Waals surface area (Å²) < 4.78 is 0. The Bertz CT molecular complexity index is 740. The number of anilines is 1. The monoisotopic (exact) mass is 395 g/mol. The van der Waals surface area contributed by atoms with E-state index in [-0.39, 0.29) is 29.6 Å². The number of nitrogens with zero attached hydrogens (tertiary/aromatic N) is 3. The molecule has 0 N–H and O–H groups in total. The highest BCUT2D eigenvalue weighted by molar-refractivity contribution is 5.89. The van der Waals surface area contributed by atoms with E-state index in [4.69, 9.17) is 0 Å². The van der Waals surface area contributed by atoms with Crippen molar-refractivity contribution in [3.05, 3.63) is 42.5 Å². The van der Waals surface area contributed by atoms with E-state index in [1.165, 1.54) is 5.69 Å². The Morgan fingerprint density at radius 2 is 1.83 bits per heavy atom. The second-order valence-electron chi connectivity index (χ2n) is 8.58. The molecule has 2 saturated heterocycles. The summed E-state index contributed by atoms with van der Waals surface area (Å²) in [6, 6.07) is 10.4. The predicted molar refractivity (Wildman–Crippen MR) is 116 cm³/mol. The highest BCUT2D eigenvalue weighted by Gasteiger charge is 2.45. The minimum atomic E-state index is -0.190. The van der Waals surface area contributed by atoms with Crippen LogP contribution in [0.4, 0.5) is 5.69 Å². The van der Waals surface area contributed by atoms with Gasteiger partial charge in [-0.15, -0.1) is 0 Å². The van der Waals surface area contributed by atoms with Crippen LogP contribution >= 0.6 is 0 Å². The summed E-state index contributed by atoms with van der Waals surface area (Å²) >= 11 is 0. The van der Waals surface area contributed by atoms with Crippen LogP contribution in [0.3, 0.4) is 0 Å². The second-order valence-corrected chi connectivity index (χ2v) is 8.58. The van der Waals surface area contributed by atoms with Crippen LogP contribution in [0.2, 0.25) is 0 Å². The lowest BCUT2D eigenvalue weighted by Crippen LogP contribution is -2.55.